The molecule has 7 nitrogen and oxygen atoms in total. The van der Waals surface area contributed by atoms with Gasteiger partial charge in [0.15, 0.2) is 0 Å². The molecule has 0 saturated carbocycles. The minimum Gasteiger partial charge on any atom is -0.480 e. The van der Waals surface area contributed by atoms with E-state index < -0.39 is 24.1 Å². The van der Waals surface area contributed by atoms with E-state index in [1.54, 1.807) is 13.8 Å². The zero-order valence-electron chi connectivity index (χ0n) is 12.0. The molecule has 1 saturated heterocycles. The van der Waals surface area contributed by atoms with Crippen LogP contribution in [-0.4, -0.2) is 53.1 Å². The number of carbonyl (C=O) groups excluding carboxylic acids is 2. The molecule has 1 aliphatic heterocycles. The number of rotatable bonds is 4. The van der Waals surface area contributed by atoms with Gasteiger partial charge in [0.25, 0.3) is 0 Å². The van der Waals surface area contributed by atoms with Gasteiger partial charge in [-0.05, 0) is 26.7 Å². The van der Waals surface area contributed by atoms with Crippen LogP contribution in [-0.2, 0) is 9.59 Å². The van der Waals surface area contributed by atoms with Crippen molar-refractivity contribution in [3.05, 3.63) is 0 Å². The number of aliphatic carboxylic acids is 1. The molecule has 3 amide bonds. The van der Waals surface area contributed by atoms with Gasteiger partial charge in [-0.25, -0.2) is 9.59 Å². The molecule has 0 aromatic carbocycles. The smallest absolute Gasteiger partial charge is 0.326 e. The minimum atomic E-state index is -0.993. The molecule has 20 heavy (non-hydrogen) atoms. The van der Waals surface area contributed by atoms with E-state index in [1.165, 1.54) is 4.90 Å². The highest BCUT2D eigenvalue weighted by molar-refractivity contribution is 5.88. The molecule has 1 rings (SSSR count). The third-order valence-electron chi connectivity index (χ3n) is 3.38. The van der Waals surface area contributed by atoms with E-state index >= 15 is 0 Å². The van der Waals surface area contributed by atoms with E-state index in [2.05, 4.69) is 10.6 Å². The normalized spacial score (nSPS) is 20.7. The summed E-state index contributed by atoms with van der Waals surface area (Å²) < 4.78 is 0. The molecule has 7 heteroatoms. The topological polar surface area (TPSA) is 98.7 Å². The van der Waals surface area contributed by atoms with Crippen LogP contribution >= 0.6 is 0 Å². The van der Waals surface area contributed by atoms with Crippen molar-refractivity contribution in [3.63, 3.8) is 0 Å². The van der Waals surface area contributed by atoms with Gasteiger partial charge < -0.3 is 20.6 Å². The lowest BCUT2D eigenvalue weighted by Gasteiger charge is -2.28. The summed E-state index contributed by atoms with van der Waals surface area (Å²) in [4.78, 5) is 36.3. The first-order valence-corrected chi connectivity index (χ1v) is 7.05. The first kappa shape index (κ1) is 16.3. The summed E-state index contributed by atoms with van der Waals surface area (Å²) >= 11 is 0. The van der Waals surface area contributed by atoms with Crippen LogP contribution in [0.1, 0.15) is 39.5 Å². The number of hydrogen-bond acceptors (Lipinski definition) is 3. The van der Waals surface area contributed by atoms with Crippen LogP contribution in [0.4, 0.5) is 4.79 Å². The number of likely N-dealkylation sites (N-methyl/N-ethyl adjacent to an activating group) is 1. The second-order valence-corrected chi connectivity index (χ2v) is 4.96. The lowest BCUT2D eigenvalue weighted by Crippen LogP contribution is -2.54. The number of likely N-dealkylation sites (tertiary alicyclic amines) is 1. The summed E-state index contributed by atoms with van der Waals surface area (Å²) in [7, 11) is 0. The molecule has 0 bridgehead atoms. The summed E-state index contributed by atoms with van der Waals surface area (Å²) in [5, 5.41) is 14.4. The van der Waals surface area contributed by atoms with E-state index in [0.29, 0.717) is 19.5 Å². The Hall–Kier alpha value is -1.79. The van der Waals surface area contributed by atoms with E-state index in [-0.39, 0.29) is 5.91 Å². The fourth-order valence-electron chi connectivity index (χ4n) is 2.27. The van der Waals surface area contributed by atoms with Crippen molar-refractivity contribution in [3.8, 4) is 0 Å². The Morgan fingerprint density at radius 2 is 2.00 bits per heavy atom. The van der Waals surface area contributed by atoms with Gasteiger partial charge >= 0.3 is 12.0 Å². The molecule has 2 atom stereocenters. The molecule has 0 aromatic rings. The standard InChI is InChI=1S/C13H23N3O4/c1-3-14-11(17)9(2)15-13(20)16-8-6-4-5-7-10(16)12(18)19/h9-10H,3-8H2,1-2H3,(H,14,17)(H,15,20)(H,18,19). The Balaban J connectivity index is 2.67. The molecular weight excluding hydrogens is 262 g/mol. The lowest BCUT2D eigenvalue weighted by atomic mass is 10.1. The van der Waals surface area contributed by atoms with Gasteiger partial charge in [0.05, 0.1) is 0 Å². The van der Waals surface area contributed by atoms with Crippen molar-refractivity contribution in [2.24, 2.45) is 0 Å². The average Bonchev–Trinajstić information content (AvgIpc) is 2.64. The largest absolute Gasteiger partial charge is 0.480 e. The van der Waals surface area contributed by atoms with E-state index in [4.69, 9.17) is 0 Å². The first-order chi connectivity index (χ1) is 9.47. The Morgan fingerprint density at radius 3 is 2.60 bits per heavy atom. The number of urea groups is 1. The molecule has 1 heterocycles. The number of hydrogen-bond donors (Lipinski definition) is 3. The van der Waals surface area contributed by atoms with Gasteiger partial charge in [-0.1, -0.05) is 12.8 Å². The number of carboxylic acid groups (broad SMARTS) is 1. The third-order valence-corrected chi connectivity index (χ3v) is 3.38. The third kappa shape index (κ3) is 4.40. The fraction of sp³-hybridized carbons (Fsp3) is 0.769. The number of carboxylic acids is 1. The number of carbonyl (C=O) groups is 3. The van der Waals surface area contributed by atoms with Crippen molar-refractivity contribution < 1.29 is 19.5 Å². The molecule has 114 valence electrons. The van der Waals surface area contributed by atoms with E-state index in [1.807, 2.05) is 0 Å². The van der Waals surface area contributed by atoms with E-state index in [9.17, 15) is 19.5 Å². The summed E-state index contributed by atoms with van der Waals surface area (Å²) in [6.07, 6.45) is 2.96. The molecular formula is C13H23N3O4. The Morgan fingerprint density at radius 1 is 1.30 bits per heavy atom. The summed E-state index contributed by atoms with van der Waals surface area (Å²) in [6.45, 7) is 4.27. The van der Waals surface area contributed by atoms with Crippen molar-refractivity contribution >= 4 is 17.9 Å². The van der Waals surface area contributed by atoms with Gasteiger partial charge in [0.1, 0.15) is 12.1 Å². The fourth-order valence-corrected chi connectivity index (χ4v) is 2.27. The van der Waals surface area contributed by atoms with Crippen LogP contribution in [0.25, 0.3) is 0 Å². The minimum absolute atomic E-state index is 0.275. The van der Waals surface area contributed by atoms with Gasteiger partial charge in [0, 0.05) is 13.1 Å². The second-order valence-electron chi connectivity index (χ2n) is 4.96. The number of nitrogens with zero attached hydrogens (tertiary/aromatic N) is 1. The second kappa shape index (κ2) is 7.72. The van der Waals surface area contributed by atoms with Gasteiger partial charge in [-0.15, -0.1) is 0 Å². The van der Waals surface area contributed by atoms with Crippen LogP contribution in [0.15, 0.2) is 0 Å². The molecule has 0 aliphatic carbocycles. The van der Waals surface area contributed by atoms with Gasteiger partial charge in [-0.2, -0.15) is 0 Å². The van der Waals surface area contributed by atoms with Gasteiger partial charge in [0.2, 0.25) is 5.91 Å². The van der Waals surface area contributed by atoms with Gasteiger partial charge in [-0.3, -0.25) is 4.79 Å². The summed E-state index contributed by atoms with van der Waals surface area (Å²) in [6, 6.07) is -1.97. The predicted molar refractivity (Wildman–Crippen MR) is 73.3 cm³/mol. The zero-order valence-corrected chi connectivity index (χ0v) is 12.0. The van der Waals surface area contributed by atoms with Crippen molar-refractivity contribution in [1.29, 1.82) is 0 Å². The zero-order chi connectivity index (χ0) is 15.1. The van der Waals surface area contributed by atoms with Crippen molar-refractivity contribution in [2.75, 3.05) is 13.1 Å². The molecule has 0 radical (unpaired) electrons. The van der Waals surface area contributed by atoms with Crippen molar-refractivity contribution in [2.45, 2.75) is 51.6 Å². The highest BCUT2D eigenvalue weighted by Gasteiger charge is 2.31. The maximum Gasteiger partial charge on any atom is 0.326 e. The summed E-state index contributed by atoms with van der Waals surface area (Å²) in [5.41, 5.74) is 0. The maximum absolute atomic E-state index is 12.2. The molecule has 1 fully saturated rings. The van der Waals surface area contributed by atoms with Crippen LogP contribution in [0, 0.1) is 0 Å². The predicted octanol–water partition coefficient (Wildman–Crippen LogP) is 0.550. The van der Waals surface area contributed by atoms with Crippen LogP contribution in [0.5, 0.6) is 0 Å². The Labute approximate surface area is 118 Å². The van der Waals surface area contributed by atoms with E-state index in [0.717, 1.165) is 19.3 Å². The average molecular weight is 285 g/mol. The Bertz CT molecular complexity index is 373. The van der Waals surface area contributed by atoms with Crippen LogP contribution in [0.2, 0.25) is 0 Å². The van der Waals surface area contributed by atoms with Crippen LogP contribution in [0.3, 0.4) is 0 Å². The Kier molecular flexibility index (Phi) is 6.27. The lowest BCUT2D eigenvalue weighted by molar-refractivity contribution is -0.142. The summed E-state index contributed by atoms with van der Waals surface area (Å²) in [5.74, 6) is -1.27. The number of nitrogens with one attached hydrogen (secondary N) is 2. The highest BCUT2D eigenvalue weighted by atomic mass is 16.4. The SMILES string of the molecule is CCNC(=O)C(C)NC(=O)N1CCCCCC1C(=O)O. The highest BCUT2D eigenvalue weighted by Crippen LogP contribution is 2.17. The quantitative estimate of drug-likeness (QED) is 0.702. The number of amides is 3. The maximum atomic E-state index is 12.2. The van der Waals surface area contributed by atoms with Crippen LogP contribution < -0.4 is 10.6 Å². The molecule has 0 aromatic heterocycles. The molecule has 3 N–H and O–H groups in total. The molecule has 2 unspecified atom stereocenters. The molecule has 0 spiro atoms. The molecule has 1 aliphatic rings. The monoisotopic (exact) mass is 285 g/mol. The first-order valence-electron chi connectivity index (χ1n) is 7.05. The van der Waals surface area contributed by atoms with Crippen molar-refractivity contribution in [1.82, 2.24) is 15.5 Å².